The van der Waals surface area contributed by atoms with E-state index in [1.165, 1.54) is 0 Å². The highest BCUT2D eigenvalue weighted by molar-refractivity contribution is 5.78. The standard InChI is InChI=1S/C15H21N5O.C4H10.C3H6O2/c1-4-13(19-14(21)6-16)11-5-12(9-17-8-11)15-10(2)7-18-20(15)3;1-4(2)3;1-2-5-3-4/h5,7-9,13H,4,6,16H2,1-3H3,(H,19,21);4H,1-3H3;3H,2H2,1H3. The van der Waals surface area contributed by atoms with E-state index in [0.29, 0.717) is 13.1 Å². The maximum Gasteiger partial charge on any atom is 0.293 e. The van der Waals surface area contributed by atoms with E-state index in [9.17, 15) is 9.59 Å². The summed E-state index contributed by atoms with van der Waals surface area (Å²) >= 11 is 0. The fourth-order valence-corrected chi connectivity index (χ4v) is 2.48. The Kier molecular flexibility index (Phi) is 13.8. The Morgan fingerprint density at radius 1 is 1.27 bits per heavy atom. The van der Waals surface area contributed by atoms with E-state index in [2.05, 4.69) is 40.9 Å². The summed E-state index contributed by atoms with van der Waals surface area (Å²) in [5, 5.41) is 7.16. The smallest absolute Gasteiger partial charge is 0.293 e. The minimum absolute atomic E-state index is 0.00947. The topological polar surface area (TPSA) is 112 Å². The largest absolute Gasteiger partial charge is 0.468 e. The van der Waals surface area contributed by atoms with E-state index in [-0.39, 0.29) is 18.5 Å². The molecular formula is C22H37N5O3. The normalized spacial score (nSPS) is 10.8. The van der Waals surface area contributed by atoms with Crippen LogP contribution < -0.4 is 11.1 Å². The highest BCUT2D eigenvalue weighted by atomic mass is 16.5. The van der Waals surface area contributed by atoms with Gasteiger partial charge in [-0.05, 0) is 43.4 Å². The van der Waals surface area contributed by atoms with Crippen LogP contribution in [0.15, 0.2) is 24.7 Å². The molecule has 8 nitrogen and oxygen atoms in total. The Morgan fingerprint density at radius 2 is 1.90 bits per heavy atom. The van der Waals surface area contributed by atoms with Crippen molar-refractivity contribution >= 4 is 12.4 Å². The number of nitrogens with zero attached hydrogens (tertiary/aromatic N) is 3. The number of hydrogen-bond acceptors (Lipinski definition) is 6. The number of nitrogens with two attached hydrogens (primary N) is 1. The van der Waals surface area contributed by atoms with Crippen molar-refractivity contribution in [2.45, 2.75) is 54.0 Å². The van der Waals surface area contributed by atoms with Crippen LogP contribution in [-0.4, -0.2) is 40.3 Å². The van der Waals surface area contributed by atoms with Gasteiger partial charge in [-0.3, -0.25) is 19.3 Å². The van der Waals surface area contributed by atoms with E-state index in [1.54, 1.807) is 13.1 Å². The van der Waals surface area contributed by atoms with Crippen LogP contribution in [0.2, 0.25) is 0 Å². The van der Waals surface area contributed by atoms with Gasteiger partial charge in [-0.15, -0.1) is 0 Å². The average Bonchev–Trinajstić information content (AvgIpc) is 3.04. The van der Waals surface area contributed by atoms with Crippen molar-refractivity contribution in [3.8, 4) is 11.3 Å². The zero-order valence-electron chi connectivity index (χ0n) is 19.3. The first-order valence-corrected chi connectivity index (χ1v) is 10.2. The fourth-order valence-electron chi connectivity index (χ4n) is 2.48. The SMILES string of the molecule is CC(C)C.CCC(NC(=O)CN)c1cncc(-c2c(C)cnn2C)c1.CCOC=O. The number of amides is 1. The first-order chi connectivity index (χ1) is 14.2. The molecule has 1 amide bonds. The Morgan fingerprint density at radius 3 is 2.30 bits per heavy atom. The predicted octanol–water partition coefficient (Wildman–Crippen LogP) is 3.16. The second kappa shape index (κ2) is 15.1. The van der Waals surface area contributed by atoms with Crippen LogP contribution >= 0.6 is 0 Å². The van der Waals surface area contributed by atoms with E-state index in [1.807, 2.05) is 44.0 Å². The molecule has 0 aliphatic carbocycles. The van der Waals surface area contributed by atoms with Crippen molar-refractivity contribution < 1.29 is 14.3 Å². The lowest BCUT2D eigenvalue weighted by molar-refractivity contribution is -0.128. The third-order valence-corrected chi connectivity index (χ3v) is 3.72. The molecule has 0 aromatic carbocycles. The molecular weight excluding hydrogens is 382 g/mol. The molecule has 2 heterocycles. The van der Waals surface area contributed by atoms with Crippen molar-refractivity contribution in [1.82, 2.24) is 20.1 Å². The monoisotopic (exact) mass is 419 g/mol. The summed E-state index contributed by atoms with van der Waals surface area (Å²) in [6.45, 7) is 13.2. The Bertz CT molecular complexity index is 737. The third kappa shape index (κ3) is 10.2. The first kappa shape index (κ1) is 27.3. The number of pyridine rings is 1. The molecule has 0 spiro atoms. The molecule has 1 atom stereocenters. The Labute approximate surface area is 180 Å². The summed E-state index contributed by atoms with van der Waals surface area (Å²) in [5.74, 6) is 0.670. The number of aromatic nitrogens is 3. The average molecular weight is 420 g/mol. The number of nitrogens with one attached hydrogen (secondary N) is 1. The van der Waals surface area contributed by atoms with Crippen LogP contribution in [0, 0.1) is 12.8 Å². The minimum Gasteiger partial charge on any atom is -0.468 e. The summed E-state index contributed by atoms with van der Waals surface area (Å²) in [5.41, 5.74) is 9.45. The zero-order valence-corrected chi connectivity index (χ0v) is 19.3. The lowest BCUT2D eigenvalue weighted by atomic mass is 10.0. The maximum atomic E-state index is 11.5. The molecule has 8 heteroatoms. The molecule has 2 aromatic rings. The Balaban J connectivity index is 0.000000789. The number of hydrogen-bond donors (Lipinski definition) is 2. The molecule has 0 aliphatic rings. The molecule has 0 aliphatic heterocycles. The molecule has 0 fully saturated rings. The van der Waals surface area contributed by atoms with Crippen molar-refractivity contribution in [1.29, 1.82) is 0 Å². The number of ether oxygens (including phenoxy) is 1. The summed E-state index contributed by atoms with van der Waals surface area (Å²) < 4.78 is 5.98. The molecule has 2 rings (SSSR count). The van der Waals surface area contributed by atoms with Gasteiger partial charge in [-0.1, -0.05) is 27.7 Å². The second-order valence-electron chi connectivity index (χ2n) is 7.32. The van der Waals surface area contributed by atoms with Gasteiger partial charge >= 0.3 is 0 Å². The van der Waals surface area contributed by atoms with E-state index >= 15 is 0 Å². The van der Waals surface area contributed by atoms with Crippen LogP contribution in [0.5, 0.6) is 0 Å². The van der Waals surface area contributed by atoms with Gasteiger partial charge in [0.1, 0.15) is 0 Å². The minimum atomic E-state index is -0.163. The molecule has 1 unspecified atom stereocenters. The van der Waals surface area contributed by atoms with E-state index in [4.69, 9.17) is 5.73 Å². The summed E-state index contributed by atoms with van der Waals surface area (Å²) in [6.07, 6.45) is 6.20. The zero-order chi connectivity index (χ0) is 23.1. The van der Waals surface area contributed by atoms with E-state index in [0.717, 1.165) is 34.7 Å². The molecule has 3 N–H and O–H groups in total. The highest BCUT2D eigenvalue weighted by Crippen LogP contribution is 2.25. The number of carbonyl (C=O) groups excluding carboxylic acids is 2. The molecule has 30 heavy (non-hydrogen) atoms. The van der Waals surface area contributed by atoms with Crippen LogP contribution in [0.4, 0.5) is 0 Å². The van der Waals surface area contributed by atoms with Crippen molar-refractivity contribution in [2.24, 2.45) is 18.7 Å². The van der Waals surface area contributed by atoms with Crippen molar-refractivity contribution in [3.05, 3.63) is 35.8 Å². The van der Waals surface area contributed by atoms with Gasteiger partial charge in [0.15, 0.2) is 0 Å². The number of aryl methyl sites for hydroxylation is 2. The summed E-state index contributed by atoms with van der Waals surface area (Å²) in [6, 6.07) is 1.96. The lowest BCUT2D eigenvalue weighted by Gasteiger charge is -2.17. The highest BCUT2D eigenvalue weighted by Gasteiger charge is 2.15. The Hall–Kier alpha value is -2.74. The van der Waals surface area contributed by atoms with Crippen LogP contribution in [0.3, 0.4) is 0 Å². The van der Waals surface area contributed by atoms with Gasteiger partial charge in [0, 0.05) is 25.0 Å². The summed E-state index contributed by atoms with van der Waals surface area (Å²) in [7, 11) is 1.91. The van der Waals surface area contributed by atoms with Crippen LogP contribution in [-0.2, 0) is 21.4 Å². The van der Waals surface area contributed by atoms with E-state index < -0.39 is 0 Å². The van der Waals surface area contributed by atoms with Crippen molar-refractivity contribution in [2.75, 3.05) is 13.2 Å². The molecule has 0 radical (unpaired) electrons. The summed E-state index contributed by atoms with van der Waals surface area (Å²) in [4.78, 5) is 25.0. The van der Waals surface area contributed by atoms with Gasteiger partial charge in [-0.2, -0.15) is 5.10 Å². The van der Waals surface area contributed by atoms with Crippen molar-refractivity contribution in [3.63, 3.8) is 0 Å². The molecule has 0 saturated heterocycles. The number of carbonyl (C=O) groups is 2. The maximum absolute atomic E-state index is 11.5. The van der Waals surface area contributed by atoms with Gasteiger partial charge in [0.2, 0.25) is 5.91 Å². The van der Waals surface area contributed by atoms with Crippen LogP contribution in [0.25, 0.3) is 11.3 Å². The van der Waals surface area contributed by atoms with Gasteiger partial charge in [0.05, 0.1) is 31.1 Å². The molecule has 2 aromatic heterocycles. The second-order valence-corrected chi connectivity index (χ2v) is 7.32. The predicted molar refractivity (Wildman–Crippen MR) is 120 cm³/mol. The lowest BCUT2D eigenvalue weighted by Crippen LogP contribution is -2.33. The van der Waals surface area contributed by atoms with Crippen LogP contribution in [0.1, 0.15) is 58.2 Å². The molecule has 0 saturated carbocycles. The number of rotatable bonds is 7. The molecule has 168 valence electrons. The van der Waals surface area contributed by atoms with Gasteiger partial charge < -0.3 is 15.8 Å². The molecule has 0 bridgehead atoms. The fraction of sp³-hybridized carbons (Fsp3) is 0.545. The first-order valence-electron chi connectivity index (χ1n) is 10.2. The quantitative estimate of drug-likeness (QED) is 0.667. The van der Waals surface area contributed by atoms with Gasteiger partial charge in [-0.25, -0.2) is 0 Å². The van der Waals surface area contributed by atoms with Gasteiger partial charge in [0.25, 0.3) is 6.47 Å². The third-order valence-electron chi connectivity index (χ3n) is 3.72.